The van der Waals surface area contributed by atoms with Gasteiger partial charge in [-0.2, -0.15) is 0 Å². The summed E-state index contributed by atoms with van der Waals surface area (Å²) in [7, 11) is 0. The zero-order chi connectivity index (χ0) is 14.8. The van der Waals surface area contributed by atoms with Crippen LogP contribution in [0.2, 0.25) is 10.0 Å². The number of nitrogens with two attached hydrogens (primary N) is 1. The summed E-state index contributed by atoms with van der Waals surface area (Å²) in [6.07, 6.45) is 2.40. The van der Waals surface area contributed by atoms with Crippen LogP contribution in [0.25, 0.3) is 10.9 Å². The van der Waals surface area contributed by atoms with Crippen LogP contribution < -0.4 is 5.73 Å². The molecule has 0 aliphatic carbocycles. The van der Waals surface area contributed by atoms with Crippen LogP contribution in [0.4, 0.5) is 0 Å². The van der Waals surface area contributed by atoms with Crippen molar-refractivity contribution in [1.82, 2.24) is 4.98 Å². The topological polar surface area (TPSA) is 38.9 Å². The smallest absolute Gasteiger partial charge is 0.0749 e. The number of aromatic nitrogens is 1. The maximum Gasteiger partial charge on any atom is 0.0749 e. The second-order valence-corrected chi connectivity index (χ2v) is 5.73. The third-order valence-electron chi connectivity index (χ3n) is 3.53. The maximum atomic E-state index is 6.37. The van der Waals surface area contributed by atoms with Crippen molar-refractivity contribution in [3.05, 3.63) is 75.9 Å². The zero-order valence-electron chi connectivity index (χ0n) is 11.3. The lowest BCUT2D eigenvalue weighted by molar-refractivity contribution is 0.726. The van der Waals surface area contributed by atoms with Crippen LogP contribution >= 0.6 is 23.2 Å². The number of para-hydroxylation sites is 1. The summed E-state index contributed by atoms with van der Waals surface area (Å²) in [4.78, 5) is 4.44. The zero-order valence-corrected chi connectivity index (χ0v) is 12.8. The number of hydrogen-bond donors (Lipinski definition) is 1. The van der Waals surface area contributed by atoms with Crippen LogP contribution in [0.3, 0.4) is 0 Å². The number of halogens is 2. The van der Waals surface area contributed by atoms with Gasteiger partial charge in [0.1, 0.15) is 0 Å². The van der Waals surface area contributed by atoms with Crippen molar-refractivity contribution in [1.29, 1.82) is 0 Å². The van der Waals surface area contributed by atoms with Gasteiger partial charge in [-0.15, -0.1) is 0 Å². The first kappa shape index (κ1) is 14.3. The van der Waals surface area contributed by atoms with E-state index in [0.29, 0.717) is 16.5 Å². The predicted octanol–water partition coefficient (Wildman–Crippen LogP) is 4.78. The van der Waals surface area contributed by atoms with Gasteiger partial charge >= 0.3 is 0 Å². The molecule has 0 fully saturated rings. The quantitative estimate of drug-likeness (QED) is 0.755. The molecule has 106 valence electrons. The van der Waals surface area contributed by atoms with E-state index in [1.54, 1.807) is 12.3 Å². The molecule has 0 radical (unpaired) electrons. The Labute approximate surface area is 133 Å². The molecule has 4 heteroatoms. The average Bonchev–Trinajstić information content (AvgIpc) is 2.51. The number of benzene rings is 2. The van der Waals surface area contributed by atoms with Gasteiger partial charge in [-0.05, 0) is 29.7 Å². The predicted molar refractivity (Wildman–Crippen MR) is 88.8 cm³/mol. The van der Waals surface area contributed by atoms with Crippen LogP contribution in [0, 0.1) is 0 Å². The van der Waals surface area contributed by atoms with Gasteiger partial charge < -0.3 is 5.73 Å². The van der Waals surface area contributed by atoms with Crippen LogP contribution in [0.1, 0.15) is 17.2 Å². The Bertz CT molecular complexity index is 781. The number of pyridine rings is 1. The third-order valence-corrected chi connectivity index (χ3v) is 4.39. The summed E-state index contributed by atoms with van der Waals surface area (Å²) in [6, 6.07) is 15.4. The minimum absolute atomic E-state index is 0.181. The largest absolute Gasteiger partial charge is 0.324 e. The van der Waals surface area contributed by atoms with Gasteiger partial charge in [0.2, 0.25) is 0 Å². The summed E-state index contributed by atoms with van der Waals surface area (Å²) < 4.78 is 0. The fraction of sp³-hybridized carbons (Fsp3) is 0.118. The third kappa shape index (κ3) is 2.88. The summed E-state index contributed by atoms with van der Waals surface area (Å²) in [5.41, 5.74) is 9.27. The van der Waals surface area contributed by atoms with E-state index < -0.39 is 0 Å². The lowest BCUT2D eigenvalue weighted by Gasteiger charge is -2.15. The highest BCUT2D eigenvalue weighted by molar-refractivity contribution is 6.42. The highest BCUT2D eigenvalue weighted by atomic mass is 35.5. The molecule has 2 aromatic carbocycles. The Hall–Kier alpha value is -1.61. The SMILES string of the molecule is NC(Cc1cccc(Cl)c1Cl)c1cccc2cccnc12. The average molecular weight is 317 g/mol. The van der Waals surface area contributed by atoms with Gasteiger partial charge in [0.05, 0.1) is 15.6 Å². The molecule has 2 N–H and O–H groups in total. The fourth-order valence-corrected chi connectivity index (χ4v) is 2.88. The number of hydrogen-bond acceptors (Lipinski definition) is 2. The highest BCUT2D eigenvalue weighted by Crippen LogP contribution is 2.30. The van der Waals surface area contributed by atoms with Gasteiger partial charge in [0.15, 0.2) is 0 Å². The minimum atomic E-state index is -0.181. The first-order valence-corrected chi connectivity index (χ1v) is 7.44. The van der Waals surface area contributed by atoms with E-state index in [1.165, 1.54) is 0 Å². The molecule has 0 aliphatic rings. The van der Waals surface area contributed by atoms with Gasteiger partial charge in [-0.1, -0.05) is 59.6 Å². The van der Waals surface area contributed by atoms with Gasteiger partial charge in [-0.3, -0.25) is 4.98 Å². The first-order chi connectivity index (χ1) is 10.2. The van der Waals surface area contributed by atoms with Crippen LogP contribution in [-0.2, 0) is 6.42 Å². The van der Waals surface area contributed by atoms with Crippen LogP contribution in [0.5, 0.6) is 0 Å². The Morgan fingerprint density at radius 2 is 1.76 bits per heavy atom. The Morgan fingerprint density at radius 3 is 2.62 bits per heavy atom. The summed E-state index contributed by atoms with van der Waals surface area (Å²) >= 11 is 12.3. The van der Waals surface area contributed by atoms with Crippen molar-refractivity contribution in [2.45, 2.75) is 12.5 Å². The van der Waals surface area contributed by atoms with Crippen molar-refractivity contribution < 1.29 is 0 Å². The summed E-state index contributed by atoms with van der Waals surface area (Å²) in [6.45, 7) is 0. The van der Waals surface area contributed by atoms with Crippen molar-refractivity contribution in [3.63, 3.8) is 0 Å². The molecule has 1 unspecified atom stereocenters. The molecule has 3 rings (SSSR count). The fourth-order valence-electron chi connectivity index (χ4n) is 2.48. The molecule has 1 aromatic heterocycles. The van der Waals surface area contributed by atoms with E-state index in [9.17, 15) is 0 Å². The molecule has 3 aromatic rings. The van der Waals surface area contributed by atoms with E-state index in [1.807, 2.05) is 42.5 Å². The summed E-state index contributed by atoms with van der Waals surface area (Å²) in [5.74, 6) is 0. The molecule has 0 saturated heterocycles. The molecule has 0 bridgehead atoms. The molecule has 2 nitrogen and oxygen atoms in total. The standard InChI is InChI=1S/C17H14Cl2N2/c18-14-8-2-5-12(16(14)19)10-15(20)13-7-1-4-11-6-3-9-21-17(11)13/h1-9,15H,10,20H2. The van der Waals surface area contributed by atoms with Crippen molar-refractivity contribution in [2.75, 3.05) is 0 Å². The molecule has 0 aliphatic heterocycles. The van der Waals surface area contributed by atoms with Crippen molar-refractivity contribution >= 4 is 34.1 Å². The molecule has 1 heterocycles. The first-order valence-electron chi connectivity index (χ1n) is 6.69. The lowest BCUT2D eigenvalue weighted by atomic mass is 9.97. The summed E-state index contributed by atoms with van der Waals surface area (Å²) in [5, 5.41) is 2.21. The molecule has 0 saturated carbocycles. The van der Waals surface area contributed by atoms with Gasteiger partial charge in [0.25, 0.3) is 0 Å². The molecular formula is C17H14Cl2N2. The number of fused-ring (bicyclic) bond motifs is 1. The van der Waals surface area contributed by atoms with E-state index in [2.05, 4.69) is 4.98 Å². The Kier molecular flexibility index (Phi) is 4.11. The highest BCUT2D eigenvalue weighted by Gasteiger charge is 2.14. The molecule has 0 amide bonds. The van der Waals surface area contributed by atoms with Crippen LogP contribution in [-0.4, -0.2) is 4.98 Å². The normalized spacial score (nSPS) is 12.5. The van der Waals surface area contributed by atoms with E-state index >= 15 is 0 Å². The number of rotatable bonds is 3. The van der Waals surface area contributed by atoms with Crippen molar-refractivity contribution in [2.24, 2.45) is 5.73 Å². The molecule has 21 heavy (non-hydrogen) atoms. The lowest BCUT2D eigenvalue weighted by Crippen LogP contribution is -2.14. The number of nitrogens with zero attached hydrogens (tertiary/aromatic N) is 1. The second kappa shape index (κ2) is 6.02. The van der Waals surface area contributed by atoms with E-state index in [0.717, 1.165) is 22.0 Å². The maximum absolute atomic E-state index is 6.37. The van der Waals surface area contributed by atoms with E-state index in [-0.39, 0.29) is 6.04 Å². The van der Waals surface area contributed by atoms with Crippen LogP contribution in [0.15, 0.2) is 54.7 Å². The Balaban J connectivity index is 1.97. The Morgan fingerprint density at radius 1 is 1.00 bits per heavy atom. The van der Waals surface area contributed by atoms with E-state index in [4.69, 9.17) is 28.9 Å². The van der Waals surface area contributed by atoms with Crippen molar-refractivity contribution in [3.8, 4) is 0 Å². The second-order valence-electron chi connectivity index (χ2n) is 4.95. The van der Waals surface area contributed by atoms with Gasteiger partial charge in [-0.25, -0.2) is 0 Å². The van der Waals surface area contributed by atoms with Gasteiger partial charge in [0, 0.05) is 17.6 Å². The molecule has 1 atom stereocenters. The molecule has 0 spiro atoms. The molecular weight excluding hydrogens is 303 g/mol. The monoisotopic (exact) mass is 316 g/mol. The minimum Gasteiger partial charge on any atom is -0.324 e.